The first kappa shape index (κ1) is 16.8. The van der Waals surface area contributed by atoms with Crippen LogP contribution < -0.4 is 0 Å². The van der Waals surface area contributed by atoms with Gasteiger partial charge in [0.2, 0.25) is 5.91 Å². The number of hydrogen-bond donors (Lipinski definition) is 1. The van der Waals surface area contributed by atoms with Crippen molar-refractivity contribution in [1.82, 2.24) is 9.88 Å². The van der Waals surface area contributed by atoms with Gasteiger partial charge in [0.1, 0.15) is 5.82 Å². The molecule has 3 nitrogen and oxygen atoms in total. The highest BCUT2D eigenvalue weighted by Crippen LogP contribution is 2.31. The maximum Gasteiger partial charge on any atom is 0.219 e. The maximum atomic E-state index is 13.7. The summed E-state index contributed by atoms with van der Waals surface area (Å²) in [6.07, 6.45) is 3.47. The lowest BCUT2D eigenvalue weighted by Gasteiger charge is -2.34. The van der Waals surface area contributed by atoms with Crippen molar-refractivity contribution in [3.8, 4) is 0 Å². The molecule has 1 aliphatic rings. The quantitative estimate of drug-likeness (QED) is 0.750. The van der Waals surface area contributed by atoms with Gasteiger partial charge in [-0.05, 0) is 55.0 Å². The minimum absolute atomic E-state index is 0.111. The largest absolute Gasteiger partial charge is 0.358 e. The Kier molecular flexibility index (Phi) is 4.49. The third-order valence-corrected chi connectivity index (χ3v) is 5.45. The van der Waals surface area contributed by atoms with Crippen LogP contribution in [0.4, 0.5) is 4.39 Å². The molecule has 0 saturated carbocycles. The zero-order chi connectivity index (χ0) is 18.1. The van der Waals surface area contributed by atoms with Gasteiger partial charge < -0.3 is 9.88 Å². The molecule has 0 bridgehead atoms. The number of aromatic nitrogens is 1. The van der Waals surface area contributed by atoms with E-state index in [1.165, 1.54) is 22.9 Å². The Labute approximate surface area is 152 Å². The third-order valence-electron chi connectivity index (χ3n) is 5.45. The fourth-order valence-corrected chi connectivity index (χ4v) is 4.13. The third kappa shape index (κ3) is 3.24. The molecule has 4 heteroatoms. The van der Waals surface area contributed by atoms with Gasteiger partial charge in [-0.1, -0.05) is 30.3 Å². The summed E-state index contributed by atoms with van der Waals surface area (Å²) < 4.78 is 13.7. The highest BCUT2D eigenvalue weighted by atomic mass is 19.1. The van der Waals surface area contributed by atoms with Crippen molar-refractivity contribution >= 4 is 16.8 Å². The molecule has 1 N–H and O–H groups in total. The number of H-pyrrole nitrogens is 1. The number of carbonyl (C=O) groups is 1. The minimum atomic E-state index is -0.214. The average Bonchev–Trinajstić information content (AvgIpc) is 3.00. The standard InChI is InChI=1S/C22H23FN2O/c1-15(26)25(12-11-16-5-3-2-4-6-16)18-8-10-22-20(14-18)19-13-17(23)7-9-21(19)24-22/h2-7,9,13,18,24H,8,10-12,14H2,1H3. The second-order valence-corrected chi connectivity index (χ2v) is 7.12. The summed E-state index contributed by atoms with van der Waals surface area (Å²) in [4.78, 5) is 17.7. The predicted octanol–water partition coefficient (Wildman–Crippen LogP) is 4.26. The van der Waals surface area contributed by atoms with Crippen LogP contribution in [-0.2, 0) is 24.1 Å². The maximum absolute atomic E-state index is 13.7. The number of aromatic amines is 1. The van der Waals surface area contributed by atoms with Gasteiger partial charge in [-0.25, -0.2) is 4.39 Å². The van der Waals surface area contributed by atoms with Crippen molar-refractivity contribution in [1.29, 1.82) is 0 Å². The average molecular weight is 350 g/mol. The number of halogens is 1. The van der Waals surface area contributed by atoms with Crippen LogP contribution >= 0.6 is 0 Å². The molecule has 1 aliphatic carbocycles. The smallest absolute Gasteiger partial charge is 0.219 e. The number of fused-ring (bicyclic) bond motifs is 3. The van der Waals surface area contributed by atoms with Crippen molar-refractivity contribution in [2.45, 2.75) is 38.6 Å². The van der Waals surface area contributed by atoms with Crippen LogP contribution in [0.15, 0.2) is 48.5 Å². The molecule has 0 fully saturated rings. The van der Waals surface area contributed by atoms with E-state index in [1.807, 2.05) is 23.1 Å². The van der Waals surface area contributed by atoms with E-state index in [0.29, 0.717) is 0 Å². The van der Waals surface area contributed by atoms with E-state index in [1.54, 1.807) is 19.1 Å². The minimum Gasteiger partial charge on any atom is -0.358 e. The number of carbonyl (C=O) groups excluding carboxylic acids is 1. The first-order chi connectivity index (χ1) is 12.6. The molecule has 0 spiro atoms. The summed E-state index contributed by atoms with van der Waals surface area (Å²) in [7, 11) is 0. The van der Waals surface area contributed by atoms with Gasteiger partial charge in [-0.15, -0.1) is 0 Å². The fourth-order valence-electron chi connectivity index (χ4n) is 4.13. The summed E-state index contributed by atoms with van der Waals surface area (Å²) in [5.41, 5.74) is 4.58. The van der Waals surface area contributed by atoms with Crippen molar-refractivity contribution in [3.05, 3.63) is 71.2 Å². The number of amides is 1. The van der Waals surface area contributed by atoms with E-state index in [-0.39, 0.29) is 17.8 Å². The number of benzene rings is 2. The van der Waals surface area contributed by atoms with Crippen molar-refractivity contribution in [3.63, 3.8) is 0 Å². The first-order valence-electron chi connectivity index (χ1n) is 9.22. The normalized spacial score (nSPS) is 16.5. The van der Waals surface area contributed by atoms with Crippen molar-refractivity contribution in [2.75, 3.05) is 6.54 Å². The molecule has 134 valence electrons. The molecule has 1 atom stereocenters. The number of hydrogen-bond acceptors (Lipinski definition) is 1. The molecule has 2 aromatic carbocycles. The molecule has 0 aliphatic heterocycles. The van der Waals surface area contributed by atoms with Crippen LogP contribution in [-0.4, -0.2) is 28.4 Å². The van der Waals surface area contributed by atoms with Crippen LogP contribution in [0, 0.1) is 5.82 Å². The summed E-state index contributed by atoms with van der Waals surface area (Å²) >= 11 is 0. The Balaban J connectivity index is 1.56. The number of nitrogens with one attached hydrogen (secondary N) is 1. The predicted molar refractivity (Wildman–Crippen MR) is 102 cm³/mol. The van der Waals surface area contributed by atoms with Gasteiger partial charge in [0, 0.05) is 36.1 Å². The van der Waals surface area contributed by atoms with Gasteiger partial charge in [0.05, 0.1) is 0 Å². The van der Waals surface area contributed by atoms with Crippen molar-refractivity contribution in [2.24, 2.45) is 0 Å². The van der Waals surface area contributed by atoms with Gasteiger partial charge in [0.25, 0.3) is 0 Å². The number of nitrogens with zero attached hydrogens (tertiary/aromatic N) is 1. The van der Waals surface area contributed by atoms with Gasteiger partial charge in [-0.2, -0.15) is 0 Å². The molecule has 0 radical (unpaired) electrons. The van der Waals surface area contributed by atoms with Gasteiger partial charge in [-0.3, -0.25) is 4.79 Å². The van der Waals surface area contributed by atoms with Crippen LogP contribution in [0.5, 0.6) is 0 Å². The molecule has 3 aromatic rings. The number of aryl methyl sites for hydroxylation is 1. The Bertz CT molecular complexity index is 932. The second kappa shape index (κ2) is 6.94. The molecule has 26 heavy (non-hydrogen) atoms. The molecular weight excluding hydrogens is 327 g/mol. The lowest BCUT2D eigenvalue weighted by molar-refractivity contribution is -0.131. The molecule has 4 rings (SSSR count). The SMILES string of the molecule is CC(=O)N(CCc1ccccc1)C1CCc2[nH]c3ccc(F)cc3c2C1. The highest BCUT2D eigenvalue weighted by molar-refractivity contribution is 5.85. The molecular formula is C22H23FN2O. The fraction of sp³-hybridized carbons (Fsp3) is 0.318. The Morgan fingerprint density at radius 3 is 2.81 bits per heavy atom. The number of rotatable bonds is 4. The second-order valence-electron chi connectivity index (χ2n) is 7.12. The molecule has 1 unspecified atom stereocenters. The molecule has 1 heterocycles. The lowest BCUT2D eigenvalue weighted by atomic mass is 9.90. The van der Waals surface area contributed by atoms with Crippen LogP contribution in [0.25, 0.3) is 10.9 Å². The highest BCUT2D eigenvalue weighted by Gasteiger charge is 2.28. The van der Waals surface area contributed by atoms with E-state index >= 15 is 0 Å². The Morgan fingerprint density at radius 1 is 1.23 bits per heavy atom. The monoisotopic (exact) mass is 350 g/mol. The van der Waals surface area contributed by atoms with Gasteiger partial charge >= 0.3 is 0 Å². The molecule has 0 saturated heterocycles. The topological polar surface area (TPSA) is 36.1 Å². The molecule has 1 amide bonds. The van der Waals surface area contributed by atoms with Gasteiger partial charge in [0.15, 0.2) is 0 Å². The van der Waals surface area contributed by atoms with Crippen LogP contribution in [0.2, 0.25) is 0 Å². The van der Waals surface area contributed by atoms with Crippen molar-refractivity contribution < 1.29 is 9.18 Å². The summed E-state index contributed by atoms with van der Waals surface area (Å²) in [6, 6.07) is 15.3. The summed E-state index contributed by atoms with van der Waals surface area (Å²) in [5, 5.41) is 0.955. The van der Waals surface area contributed by atoms with E-state index in [0.717, 1.165) is 43.1 Å². The lowest BCUT2D eigenvalue weighted by Crippen LogP contribution is -2.43. The first-order valence-corrected chi connectivity index (χ1v) is 9.22. The summed E-state index contributed by atoms with van der Waals surface area (Å²) in [5.74, 6) is -0.102. The van der Waals surface area contributed by atoms with E-state index in [9.17, 15) is 9.18 Å². The van der Waals surface area contributed by atoms with E-state index < -0.39 is 0 Å². The molecule has 1 aromatic heterocycles. The Morgan fingerprint density at radius 2 is 2.04 bits per heavy atom. The summed E-state index contributed by atoms with van der Waals surface area (Å²) in [6.45, 7) is 2.37. The van der Waals surface area contributed by atoms with Crippen LogP contribution in [0.3, 0.4) is 0 Å². The zero-order valence-corrected chi connectivity index (χ0v) is 15.0. The van der Waals surface area contributed by atoms with Crippen LogP contribution in [0.1, 0.15) is 30.2 Å². The van der Waals surface area contributed by atoms with E-state index in [4.69, 9.17) is 0 Å². The van der Waals surface area contributed by atoms with E-state index in [2.05, 4.69) is 17.1 Å². The zero-order valence-electron chi connectivity index (χ0n) is 15.0. The Hall–Kier alpha value is -2.62.